The molecule has 0 saturated heterocycles. The van der Waals surface area contributed by atoms with Gasteiger partial charge in [0.05, 0.1) is 0 Å². The van der Waals surface area contributed by atoms with Crippen LogP contribution >= 0.6 is 0 Å². The van der Waals surface area contributed by atoms with Crippen LogP contribution in [0, 0.1) is 0 Å². The number of nitrogens with one attached hydrogen (secondary N) is 1. The SMILES string of the molecule is CC/C=C\C/C=C\C/C=C\C/C=C\C/C=C\C/C=C\CCC(=O)CCCNCCCCCN. The standard InChI is InChI=1S/C30H50N2O/c1-2-3-4-5-6-7-8-9-10-11-12-13-14-15-16-17-18-19-21-25-30(33)26-24-29-32-28-23-20-22-27-31/h3-4,6-7,9-10,12-13,15-16,18-19,32H,2,5,8,11,14,17,20-29,31H2,1H3/b4-3-,7-6-,10-9-,13-12-,16-15-,19-18-. The zero-order chi connectivity index (χ0) is 24.1. The van der Waals surface area contributed by atoms with E-state index in [1.165, 1.54) is 12.8 Å². The number of hydrogen-bond donors (Lipinski definition) is 2. The fraction of sp³-hybridized carbons (Fsp3) is 0.567. The zero-order valence-corrected chi connectivity index (χ0v) is 21.2. The molecular weight excluding hydrogens is 404 g/mol. The number of rotatable bonds is 23. The minimum absolute atomic E-state index is 0.375. The van der Waals surface area contributed by atoms with E-state index in [2.05, 4.69) is 85.2 Å². The van der Waals surface area contributed by atoms with Crippen molar-refractivity contribution in [2.75, 3.05) is 19.6 Å². The molecule has 0 radical (unpaired) electrons. The Hall–Kier alpha value is -1.97. The van der Waals surface area contributed by atoms with Crippen LogP contribution in [-0.2, 0) is 4.79 Å². The van der Waals surface area contributed by atoms with E-state index in [9.17, 15) is 4.79 Å². The number of hydrogen-bond acceptors (Lipinski definition) is 3. The summed E-state index contributed by atoms with van der Waals surface area (Å²) in [6.07, 6.45) is 39.1. The summed E-state index contributed by atoms with van der Waals surface area (Å²) >= 11 is 0. The molecule has 0 fully saturated rings. The molecule has 3 heteroatoms. The van der Waals surface area contributed by atoms with Gasteiger partial charge in [0.15, 0.2) is 0 Å². The topological polar surface area (TPSA) is 55.1 Å². The third-order valence-electron chi connectivity index (χ3n) is 5.05. The summed E-state index contributed by atoms with van der Waals surface area (Å²) < 4.78 is 0. The summed E-state index contributed by atoms with van der Waals surface area (Å²) in [5.41, 5.74) is 5.48. The van der Waals surface area contributed by atoms with Crippen molar-refractivity contribution < 1.29 is 4.79 Å². The summed E-state index contributed by atoms with van der Waals surface area (Å²) in [6, 6.07) is 0. The number of allylic oxidation sites excluding steroid dienone is 12. The number of ketones is 1. The van der Waals surface area contributed by atoms with Gasteiger partial charge in [0.25, 0.3) is 0 Å². The summed E-state index contributed by atoms with van der Waals surface area (Å²) in [6.45, 7) is 4.91. The molecule has 0 spiro atoms. The lowest BCUT2D eigenvalue weighted by molar-refractivity contribution is -0.119. The second-order valence-electron chi connectivity index (χ2n) is 8.20. The molecular formula is C30H50N2O. The highest BCUT2D eigenvalue weighted by atomic mass is 16.1. The number of carbonyl (C=O) groups is 1. The van der Waals surface area contributed by atoms with E-state index in [4.69, 9.17) is 5.73 Å². The summed E-state index contributed by atoms with van der Waals surface area (Å²) in [5, 5.41) is 3.40. The maximum absolute atomic E-state index is 11.9. The maximum Gasteiger partial charge on any atom is 0.133 e. The molecule has 0 unspecified atom stereocenters. The van der Waals surface area contributed by atoms with E-state index in [0.717, 1.165) is 77.4 Å². The number of unbranched alkanes of at least 4 members (excludes halogenated alkanes) is 2. The van der Waals surface area contributed by atoms with Gasteiger partial charge in [0.2, 0.25) is 0 Å². The summed E-state index contributed by atoms with van der Waals surface area (Å²) in [5.74, 6) is 0.375. The first kappa shape index (κ1) is 31.0. The molecule has 0 heterocycles. The van der Waals surface area contributed by atoms with Gasteiger partial charge in [0, 0.05) is 12.8 Å². The van der Waals surface area contributed by atoms with Crippen LogP contribution in [0.25, 0.3) is 0 Å². The van der Waals surface area contributed by atoms with E-state index in [1.807, 2.05) is 0 Å². The van der Waals surface area contributed by atoms with Gasteiger partial charge in [-0.1, -0.05) is 86.3 Å². The predicted molar refractivity (Wildman–Crippen MR) is 147 cm³/mol. The Morgan fingerprint density at radius 1 is 0.606 bits per heavy atom. The minimum atomic E-state index is 0.375. The highest BCUT2D eigenvalue weighted by Gasteiger charge is 1.99. The lowest BCUT2D eigenvalue weighted by Gasteiger charge is -2.04. The molecule has 0 amide bonds. The molecule has 0 rings (SSSR count). The molecule has 0 aliphatic carbocycles. The van der Waals surface area contributed by atoms with Crippen LogP contribution in [0.15, 0.2) is 72.9 Å². The first-order valence-electron chi connectivity index (χ1n) is 13.1. The minimum Gasteiger partial charge on any atom is -0.330 e. The monoisotopic (exact) mass is 454 g/mol. The van der Waals surface area contributed by atoms with Gasteiger partial charge < -0.3 is 11.1 Å². The molecule has 0 atom stereocenters. The highest BCUT2D eigenvalue weighted by Crippen LogP contribution is 2.01. The molecule has 3 N–H and O–H groups in total. The highest BCUT2D eigenvalue weighted by molar-refractivity contribution is 5.78. The van der Waals surface area contributed by atoms with E-state index in [1.54, 1.807) is 0 Å². The molecule has 0 bridgehead atoms. The lowest BCUT2D eigenvalue weighted by atomic mass is 10.1. The van der Waals surface area contributed by atoms with Crippen molar-refractivity contribution in [1.82, 2.24) is 5.32 Å². The van der Waals surface area contributed by atoms with Gasteiger partial charge in [-0.15, -0.1) is 0 Å². The van der Waals surface area contributed by atoms with Gasteiger partial charge in [-0.3, -0.25) is 4.79 Å². The van der Waals surface area contributed by atoms with Crippen LogP contribution in [0.4, 0.5) is 0 Å². The number of nitrogens with two attached hydrogens (primary N) is 1. The van der Waals surface area contributed by atoms with Crippen molar-refractivity contribution in [3.63, 3.8) is 0 Å². The van der Waals surface area contributed by atoms with Gasteiger partial charge in [-0.25, -0.2) is 0 Å². The predicted octanol–water partition coefficient (Wildman–Crippen LogP) is 7.53. The van der Waals surface area contributed by atoms with Crippen LogP contribution in [0.5, 0.6) is 0 Å². The van der Waals surface area contributed by atoms with Crippen LogP contribution in [0.3, 0.4) is 0 Å². The molecule has 3 nitrogen and oxygen atoms in total. The summed E-state index contributed by atoms with van der Waals surface area (Å²) in [7, 11) is 0. The van der Waals surface area contributed by atoms with Gasteiger partial charge in [-0.05, 0) is 83.8 Å². The molecule has 0 aromatic carbocycles. The molecule has 33 heavy (non-hydrogen) atoms. The Balaban J connectivity index is 3.50. The van der Waals surface area contributed by atoms with E-state index in [-0.39, 0.29) is 0 Å². The van der Waals surface area contributed by atoms with E-state index >= 15 is 0 Å². The number of carbonyl (C=O) groups excluding carboxylic acids is 1. The largest absolute Gasteiger partial charge is 0.330 e. The van der Waals surface area contributed by atoms with Crippen LogP contribution in [0.1, 0.15) is 90.4 Å². The Bertz CT molecular complexity index is 596. The molecule has 0 aliphatic heterocycles. The third-order valence-corrected chi connectivity index (χ3v) is 5.05. The molecule has 186 valence electrons. The van der Waals surface area contributed by atoms with Crippen LogP contribution < -0.4 is 11.1 Å². The molecule has 0 aliphatic rings. The van der Waals surface area contributed by atoms with Crippen LogP contribution in [0.2, 0.25) is 0 Å². The van der Waals surface area contributed by atoms with Gasteiger partial charge in [-0.2, -0.15) is 0 Å². The average molecular weight is 455 g/mol. The van der Waals surface area contributed by atoms with Gasteiger partial charge >= 0.3 is 0 Å². The summed E-state index contributed by atoms with van der Waals surface area (Å²) in [4.78, 5) is 11.9. The first-order chi connectivity index (χ1) is 16.3. The third kappa shape index (κ3) is 28.0. The second-order valence-corrected chi connectivity index (χ2v) is 8.20. The fourth-order valence-electron chi connectivity index (χ4n) is 3.12. The molecule has 0 aromatic rings. The van der Waals surface area contributed by atoms with Crippen LogP contribution in [-0.4, -0.2) is 25.4 Å². The van der Waals surface area contributed by atoms with Crippen molar-refractivity contribution in [3.8, 4) is 0 Å². The van der Waals surface area contributed by atoms with Gasteiger partial charge in [0.1, 0.15) is 5.78 Å². The Kier molecular flexibility index (Phi) is 26.4. The number of Topliss-reactive ketones (excluding diaryl/α,β-unsaturated/α-hetero) is 1. The van der Waals surface area contributed by atoms with Crippen molar-refractivity contribution in [2.24, 2.45) is 5.73 Å². The maximum atomic E-state index is 11.9. The fourth-order valence-corrected chi connectivity index (χ4v) is 3.12. The molecule has 0 saturated carbocycles. The normalized spacial score (nSPS) is 12.8. The second kappa shape index (κ2) is 28.1. The van der Waals surface area contributed by atoms with E-state index in [0.29, 0.717) is 18.6 Å². The first-order valence-corrected chi connectivity index (χ1v) is 13.1. The van der Waals surface area contributed by atoms with Crippen molar-refractivity contribution in [3.05, 3.63) is 72.9 Å². The average Bonchev–Trinajstić information content (AvgIpc) is 2.82. The Labute approximate surface area is 204 Å². The van der Waals surface area contributed by atoms with Crippen molar-refractivity contribution in [1.29, 1.82) is 0 Å². The van der Waals surface area contributed by atoms with Crippen molar-refractivity contribution >= 4 is 5.78 Å². The van der Waals surface area contributed by atoms with E-state index < -0.39 is 0 Å². The van der Waals surface area contributed by atoms with Crippen molar-refractivity contribution in [2.45, 2.75) is 90.4 Å². The smallest absolute Gasteiger partial charge is 0.133 e. The lowest BCUT2D eigenvalue weighted by Crippen LogP contribution is -2.17. The zero-order valence-electron chi connectivity index (χ0n) is 21.2. The quantitative estimate of drug-likeness (QED) is 0.124. The Morgan fingerprint density at radius 2 is 1.09 bits per heavy atom. The molecule has 0 aromatic heterocycles. The Morgan fingerprint density at radius 3 is 1.61 bits per heavy atom.